The number of fused-ring (bicyclic) bond motifs is 4. The van der Waals surface area contributed by atoms with Crippen LogP contribution < -0.4 is 0 Å². The lowest BCUT2D eigenvalue weighted by atomic mass is 9.84. The average Bonchev–Trinajstić information content (AvgIpc) is 2.96. The third kappa shape index (κ3) is 4.76. The Bertz CT molecular complexity index is 1960. The van der Waals surface area contributed by atoms with E-state index in [-0.39, 0.29) is 10.8 Å². The molecule has 0 atom stereocenters. The first kappa shape index (κ1) is 26.5. The lowest BCUT2D eigenvalue weighted by Gasteiger charge is -2.21. The van der Waals surface area contributed by atoms with Crippen LogP contribution in [0.3, 0.4) is 0 Å². The first-order valence-corrected chi connectivity index (χ1v) is 15.1. The summed E-state index contributed by atoms with van der Waals surface area (Å²) in [5.74, 6) is 0. The van der Waals surface area contributed by atoms with Crippen molar-refractivity contribution in [3.8, 4) is 22.3 Å². The molecule has 0 unspecified atom stereocenters. The van der Waals surface area contributed by atoms with Crippen molar-refractivity contribution >= 4 is 43.1 Å². The molecule has 206 valence electrons. The summed E-state index contributed by atoms with van der Waals surface area (Å²) in [6.45, 7) is 13.7. The van der Waals surface area contributed by atoms with E-state index in [1.54, 1.807) is 0 Å². The maximum atomic E-state index is 2.40. The van der Waals surface area contributed by atoms with Gasteiger partial charge in [-0.25, -0.2) is 0 Å². The fourth-order valence-corrected chi connectivity index (χ4v) is 6.27. The molecular weight excluding hydrogens is 504 g/mol. The summed E-state index contributed by atoms with van der Waals surface area (Å²) < 4.78 is 0. The van der Waals surface area contributed by atoms with Crippen molar-refractivity contribution in [2.75, 3.05) is 0 Å². The van der Waals surface area contributed by atoms with Crippen LogP contribution in [0.5, 0.6) is 0 Å². The van der Waals surface area contributed by atoms with E-state index in [0.717, 1.165) is 0 Å². The second-order valence-electron chi connectivity index (χ2n) is 14.0. The van der Waals surface area contributed by atoms with Crippen LogP contribution in [0.25, 0.3) is 65.3 Å². The molecule has 0 saturated carbocycles. The molecule has 0 radical (unpaired) electrons. The summed E-state index contributed by atoms with van der Waals surface area (Å²) in [6, 6.07) is 45.9. The minimum Gasteiger partial charge on any atom is -0.0616 e. The van der Waals surface area contributed by atoms with Crippen molar-refractivity contribution in [1.82, 2.24) is 0 Å². The zero-order valence-electron chi connectivity index (χ0n) is 25.5. The van der Waals surface area contributed by atoms with Crippen LogP contribution in [0.4, 0.5) is 0 Å². The van der Waals surface area contributed by atoms with Gasteiger partial charge in [0.1, 0.15) is 0 Å². The predicted molar refractivity (Wildman–Crippen MR) is 185 cm³/mol. The largest absolute Gasteiger partial charge is 0.0616 e. The molecule has 0 N–H and O–H groups in total. The molecule has 0 nitrogen and oxygen atoms in total. The maximum absolute atomic E-state index is 2.40. The van der Waals surface area contributed by atoms with Gasteiger partial charge in [-0.05, 0) is 136 Å². The predicted octanol–water partition coefficient (Wildman–Crippen LogP) is 12.2. The summed E-state index contributed by atoms with van der Waals surface area (Å²) in [5.41, 5.74) is 8.02. The van der Waals surface area contributed by atoms with Gasteiger partial charge >= 0.3 is 0 Å². The maximum Gasteiger partial charge on any atom is -0.00990 e. The number of rotatable bonds is 2. The summed E-state index contributed by atoms with van der Waals surface area (Å²) in [6.07, 6.45) is 0. The molecule has 7 aromatic rings. The topological polar surface area (TPSA) is 0 Å². The van der Waals surface area contributed by atoms with Gasteiger partial charge in [0, 0.05) is 0 Å². The lowest BCUT2D eigenvalue weighted by molar-refractivity contribution is 0.590. The normalized spacial score (nSPS) is 12.5. The monoisotopic (exact) mass is 542 g/mol. The van der Waals surface area contributed by atoms with E-state index in [9.17, 15) is 0 Å². The Labute approximate surface area is 249 Å². The van der Waals surface area contributed by atoms with E-state index < -0.39 is 0 Å². The van der Waals surface area contributed by atoms with Crippen LogP contribution in [-0.2, 0) is 10.8 Å². The molecule has 0 aliphatic rings. The van der Waals surface area contributed by atoms with E-state index in [2.05, 4.69) is 163 Å². The van der Waals surface area contributed by atoms with Crippen LogP contribution in [0.1, 0.15) is 52.7 Å². The SMILES string of the molecule is CC(C)(C)c1ccc(-c2cc3cc4cc5cc6ccccc6cc5cc4cc3cc2-c2ccc(C(C)(C)C)cc2)cc1. The molecule has 0 saturated heterocycles. The molecule has 7 aromatic carbocycles. The molecule has 0 heteroatoms. The Morgan fingerprint density at radius 1 is 0.310 bits per heavy atom. The van der Waals surface area contributed by atoms with Crippen molar-refractivity contribution in [3.05, 3.63) is 132 Å². The first-order valence-electron chi connectivity index (χ1n) is 15.1. The third-order valence-corrected chi connectivity index (χ3v) is 8.88. The van der Waals surface area contributed by atoms with Crippen LogP contribution >= 0.6 is 0 Å². The van der Waals surface area contributed by atoms with Crippen molar-refractivity contribution in [3.63, 3.8) is 0 Å². The summed E-state index contributed by atoms with van der Waals surface area (Å²) in [5, 5.41) is 10.2. The number of hydrogen-bond acceptors (Lipinski definition) is 0. The van der Waals surface area contributed by atoms with Gasteiger partial charge in [-0.15, -0.1) is 0 Å². The Kier molecular flexibility index (Phi) is 6.03. The van der Waals surface area contributed by atoms with Crippen LogP contribution in [0.2, 0.25) is 0 Å². The van der Waals surface area contributed by atoms with Crippen LogP contribution in [0.15, 0.2) is 121 Å². The van der Waals surface area contributed by atoms with Crippen LogP contribution in [-0.4, -0.2) is 0 Å². The van der Waals surface area contributed by atoms with Crippen molar-refractivity contribution in [2.45, 2.75) is 52.4 Å². The fourth-order valence-electron chi connectivity index (χ4n) is 6.27. The van der Waals surface area contributed by atoms with Crippen LogP contribution in [0, 0.1) is 0 Å². The van der Waals surface area contributed by atoms with Gasteiger partial charge in [0.2, 0.25) is 0 Å². The quantitative estimate of drug-likeness (QED) is 0.191. The highest BCUT2D eigenvalue weighted by atomic mass is 14.2. The summed E-state index contributed by atoms with van der Waals surface area (Å²) in [4.78, 5) is 0. The molecule has 0 amide bonds. The van der Waals surface area contributed by atoms with E-state index in [1.165, 1.54) is 76.5 Å². The van der Waals surface area contributed by atoms with E-state index in [4.69, 9.17) is 0 Å². The van der Waals surface area contributed by atoms with Gasteiger partial charge < -0.3 is 0 Å². The molecule has 0 bridgehead atoms. The lowest BCUT2D eigenvalue weighted by Crippen LogP contribution is -2.10. The van der Waals surface area contributed by atoms with Crippen molar-refractivity contribution in [2.24, 2.45) is 0 Å². The Morgan fingerprint density at radius 2 is 0.595 bits per heavy atom. The molecular formula is C42H38. The van der Waals surface area contributed by atoms with Gasteiger partial charge in [0.25, 0.3) is 0 Å². The zero-order chi connectivity index (χ0) is 29.2. The Morgan fingerprint density at radius 3 is 0.905 bits per heavy atom. The Hall–Kier alpha value is -4.42. The minimum atomic E-state index is 0.126. The van der Waals surface area contributed by atoms with Gasteiger partial charge in [0.05, 0.1) is 0 Å². The van der Waals surface area contributed by atoms with Gasteiger partial charge in [-0.3, -0.25) is 0 Å². The molecule has 0 spiro atoms. The van der Waals surface area contributed by atoms with Crippen molar-refractivity contribution < 1.29 is 0 Å². The minimum absolute atomic E-state index is 0.126. The number of hydrogen-bond donors (Lipinski definition) is 0. The number of benzene rings is 7. The standard InChI is InChI=1S/C42H38/c1-41(2,3)37-15-11-27(12-16-37)39-25-35-23-33-21-31-19-29-9-7-8-10-30(29)20-32(31)22-34(33)24-36(35)26-40(39)28-13-17-38(18-14-28)42(4,5)6/h7-26H,1-6H3. The highest BCUT2D eigenvalue weighted by Gasteiger charge is 2.17. The highest BCUT2D eigenvalue weighted by Crippen LogP contribution is 2.39. The van der Waals surface area contributed by atoms with E-state index >= 15 is 0 Å². The molecule has 0 aliphatic heterocycles. The average molecular weight is 543 g/mol. The van der Waals surface area contributed by atoms with E-state index in [1.807, 2.05) is 0 Å². The highest BCUT2D eigenvalue weighted by molar-refractivity contribution is 6.09. The molecule has 0 fully saturated rings. The third-order valence-electron chi connectivity index (χ3n) is 8.88. The molecule has 0 aromatic heterocycles. The van der Waals surface area contributed by atoms with Gasteiger partial charge in [-0.2, -0.15) is 0 Å². The Balaban J connectivity index is 1.45. The van der Waals surface area contributed by atoms with Gasteiger partial charge in [-0.1, -0.05) is 114 Å². The molecule has 0 heterocycles. The molecule has 0 aliphatic carbocycles. The fraction of sp³-hybridized carbons (Fsp3) is 0.190. The second kappa shape index (κ2) is 9.57. The smallest absolute Gasteiger partial charge is 0.00990 e. The summed E-state index contributed by atoms with van der Waals surface area (Å²) in [7, 11) is 0. The van der Waals surface area contributed by atoms with Crippen molar-refractivity contribution in [1.29, 1.82) is 0 Å². The summed E-state index contributed by atoms with van der Waals surface area (Å²) >= 11 is 0. The van der Waals surface area contributed by atoms with Gasteiger partial charge in [0.15, 0.2) is 0 Å². The van der Waals surface area contributed by atoms with E-state index in [0.29, 0.717) is 0 Å². The molecule has 42 heavy (non-hydrogen) atoms. The zero-order valence-corrected chi connectivity index (χ0v) is 25.5. The second-order valence-corrected chi connectivity index (χ2v) is 14.0. The molecule has 7 rings (SSSR count). The first-order chi connectivity index (χ1) is 20.0.